The van der Waals surface area contributed by atoms with Crippen molar-refractivity contribution in [1.82, 2.24) is 5.32 Å². The molecule has 0 aromatic heterocycles. The third kappa shape index (κ3) is 3.24. The first-order chi connectivity index (χ1) is 8.85. The zero-order valence-electron chi connectivity index (χ0n) is 11.4. The van der Waals surface area contributed by atoms with Gasteiger partial charge in [0.1, 0.15) is 5.75 Å². The van der Waals surface area contributed by atoms with Crippen LogP contribution in [0.2, 0.25) is 0 Å². The zero-order valence-corrected chi connectivity index (χ0v) is 11.4. The van der Waals surface area contributed by atoms with Crippen LogP contribution >= 0.6 is 0 Å². The predicted octanol–water partition coefficient (Wildman–Crippen LogP) is 2.70. The van der Waals surface area contributed by atoms with Gasteiger partial charge in [-0.15, -0.1) is 0 Å². The third-order valence-electron chi connectivity index (χ3n) is 3.41. The molecule has 1 aromatic rings. The summed E-state index contributed by atoms with van der Waals surface area (Å²) in [6, 6.07) is 7.02. The number of rotatable bonds is 7. The van der Waals surface area contributed by atoms with Gasteiger partial charge in [-0.25, -0.2) is 0 Å². The Balaban J connectivity index is 2.04. The van der Waals surface area contributed by atoms with Crippen LogP contribution in [0.1, 0.15) is 36.9 Å². The fourth-order valence-electron chi connectivity index (χ4n) is 2.49. The van der Waals surface area contributed by atoms with E-state index in [1.54, 1.807) is 7.11 Å². The second kappa shape index (κ2) is 6.76. The first kappa shape index (κ1) is 13.4. The minimum atomic E-state index is 0.427. The minimum absolute atomic E-state index is 0.427. The van der Waals surface area contributed by atoms with Crippen LogP contribution in [-0.2, 0) is 11.2 Å². The van der Waals surface area contributed by atoms with Crippen molar-refractivity contribution in [3.8, 4) is 5.75 Å². The van der Waals surface area contributed by atoms with E-state index in [1.165, 1.54) is 11.1 Å². The summed E-state index contributed by atoms with van der Waals surface area (Å²) in [5, 5.41) is 3.55. The molecular weight excluding hydrogens is 226 g/mol. The van der Waals surface area contributed by atoms with Gasteiger partial charge in [0, 0.05) is 26.2 Å². The summed E-state index contributed by atoms with van der Waals surface area (Å²) in [6.07, 6.45) is 3.24. The van der Waals surface area contributed by atoms with E-state index < -0.39 is 0 Å². The van der Waals surface area contributed by atoms with Crippen LogP contribution in [0.4, 0.5) is 0 Å². The number of ether oxygens (including phenoxy) is 2. The molecular formula is C15H23NO2. The van der Waals surface area contributed by atoms with Crippen molar-refractivity contribution in [2.24, 2.45) is 0 Å². The Morgan fingerprint density at radius 1 is 1.44 bits per heavy atom. The van der Waals surface area contributed by atoms with Gasteiger partial charge < -0.3 is 14.8 Å². The zero-order chi connectivity index (χ0) is 12.8. The molecule has 0 spiro atoms. The van der Waals surface area contributed by atoms with E-state index >= 15 is 0 Å². The molecule has 0 fully saturated rings. The highest BCUT2D eigenvalue weighted by Gasteiger charge is 2.16. The van der Waals surface area contributed by atoms with Crippen LogP contribution < -0.4 is 10.1 Å². The monoisotopic (exact) mass is 249 g/mol. The van der Waals surface area contributed by atoms with Crippen molar-refractivity contribution in [1.29, 1.82) is 0 Å². The van der Waals surface area contributed by atoms with Crippen molar-refractivity contribution in [2.45, 2.75) is 32.2 Å². The first-order valence-corrected chi connectivity index (χ1v) is 6.83. The molecule has 1 unspecified atom stereocenters. The van der Waals surface area contributed by atoms with Gasteiger partial charge >= 0.3 is 0 Å². The molecule has 3 nitrogen and oxygen atoms in total. The van der Waals surface area contributed by atoms with Gasteiger partial charge in [-0.2, -0.15) is 0 Å². The summed E-state index contributed by atoms with van der Waals surface area (Å²) in [6.45, 7) is 4.80. The van der Waals surface area contributed by atoms with Crippen LogP contribution in [0.5, 0.6) is 5.75 Å². The number of methoxy groups -OCH3 is 1. The molecule has 18 heavy (non-hydrogen) atoms. The fraction of sp³-hybridized carbons (Fsp3) is 0.600. The lowest BCUT2D eigenvalue weighted by atomic mass is 9.99. The molecule has 0 aliphatic carbocycles. The molecule has 0 amide bonds. The highest BCUT2D eigenvalue weighted by atomic mass is 16.5. The Bertz CT molecular complexity index is 379. The van der Waals surface area contributed by atoms with Gasteiger partial charge in [0.05, 0.1) is 6.61 Å². The van der Waals surface area contributed by atoms with Crippen molar-refractivity contribution in [3.05, 3.63) is 29.3 Å². The molecule has 0 saturated heterocycles. The molecule has 3 heteroatoms. The van der Waals surface area contributed by atoms with Crippen molar-refractivity contribution in [2.75, 3.05) is 26.9 Å². The second-order valence-electron chi connectivity index (χ2n) is 4.71. The molecule has 100 valence electrons. The van der Waals surface area contributed by atoms with Crippen LogP contribution in [0, 0.1) is 0 Å². The summed E-state index contributed by atoms with van der Waals surface area (Å²) < 4.78 is 10.7. The Labute approximate surface area is 109 Å². The van der Waals surface area contributed by atoms with E-state index in [9.17, 15) is 0 Å². The molecule has 1 aliphatic rings. The second-order valence-corrected chi connectivity index (χ2v) is 4.71. The van der Waals surface area contributed by atoms with E-state index in [-0.39, 0.29) is 0 Å². The highest BCUT2D eigenvalue weighted by molar-refractivity contribution is 5.40. The van der Waals surface area contributed by atoms with Crippen molar-refractivity contribution < 1.29 is 9.47 Å². The first-order valence-electron chi connectivity index (χ1n) is 6.83. The van der Waals surface area contributed by atoms with Gasteiger partial charge in [0.25, 0.3) is 0 Å². The number of nitrogens with one attached hydrogen (secondary N) is 1. The topological polar surface area (TPSA) is 30.5 Å². The highest BCUT2D eigenvalue weighted by Crippen LogP contribution is 2.29. The van der Waals surface area contributed by atoms with Gasteiger partial charge in [-0.1, -0.05) is 19.1 Å². The van der Waals surface area contributed by atoms with Gasteiger partial charge in [0.2, 0.25) is 0 Å². The number of hydrogen-bond donors (Lipinski definition) is 1. The lowest BCUT2D eigenvalue weighted by molar-refractivity contribution is 0.189. The summed E-state index contributed by atoms with van der Waals surface area (Å²) in [4.78, 5) is 0. The van der Waals surface area contributed by atoms with Crippen LogP contribution in [0.15, 0.2) is 18.2 Å². The molecule has 0 radical (unpaired) electrons. The maximum Gasteiger partial charge on any atom is 0.122 e. The molecule has 0 saturated carbocycles. The van der Waals surface area contributed by atoms with Crippen LogP contribution in [0.25, 0.3) is 0 Å². The van der Waals surface area contributed by atoms with Crippen molar-refractivity contribution in [3.63, 3.8) is 0 Å². The number of fused-ring (bicyclic) bond motifs is 1. The summed E-state index contributed by atoms with van der Waals surface area (Å²) in [5.41, 5.74) is 2.72. The van der Waals surface area contributed by atoms with Gasteiger partial charge in [-0.3, -0.25) is 0 Å². The van der Waals surface area contributed by atoms with Gasteiger partial charge in [0.15, 0.2) is 0 Å². The van der Waals surface area contributed by atoms with E-state index in [0.29, 0.717) is 6.04 Å². The third-order valence-corrected chi connectivity index (χ3v) is 3.41. The molecule has 2 rings (SSSR count). The quantitative estimate of drug-likeness (QED) is 0.754. The summed E-state index contributed by atoms with van der Waals surface area (Å²) in [5.74, 6) is 1.06. The minimum Gasteiger partial charge on any atom is -0.493 e. The maximum absolute atomic E-state index is 5.55. The normalized spacial score (nSPS) is 15.2. The summed E-state index contributed by atoms with van der Waals surface area (Å²) >= 11 is 0. The molecule has 1 atom stereocenters. The molecule has 1 heterocycles. The lowest BCUT2D eigenvalue weighted by Crippen LogP contribution is -2.21. The molecule has 0 bridgehead atoms. The molecule has 1 aliphatic heterocycles. The SMILES string of the molecule is CCNC(CCCOC)c1ccc2c(c1)CCO2. The lowest BCUT2D eigenvalue weighted by Gasteiger charge is -2.19. The number of benzene rings is 1. The van der Waals surface area contributed by atoms with E-state index in [2.05, 4.69) is 30.4 Å². The average Bonchev–Trinajstić information content (AvgIpc) is 2.85. The van der Waals surface area contributed by atoms with Gasteiger partial charge in [-0.05, 0) is 36.6 Å². The molecule has 1 N–H and O–H groups in total. The predicted molar refractivity (Wildman–Crippen MR) is 73.2 cm³/mol. The average molecular weight is 249 g/mol. The standard InChI is InChI=1S/C15H23NO2/c1-3-16-14(5-4-9-17-2)12-6-7-15-13(11-12)8-10-18-15/h6-7,11,14,16H,3-5,8-10H2,1-2H3. The number of hydrogen-bond acceptors (Lipinski definition) is 3. The summed E-state index contributed by atoms with van der Waals surface area (Å²) in [7, 11) is 1.76. The Hall–Kier alpha value is -1.06. The van der Waals surface area contributed by atoms with E-state index in [0.717, 1.165) is 44.8 Å². The van der Waals surface area contributed by atoms with E-state index in [1.807, 2.05) is 0 Å². The Morgan fingerprint density at radius 3 is 3.11 bits per heavy atom. The molecule has 1 aromatic carbocycles. The smallest absolute Gasteiger partial charge is 0.122 e. The largest absolute Gasteiger partial charge is 0.493 e. The Kier molecular flexibility index (Phi) is 5.02. The maximum atomic E-state index is 5.55. The van der Waals surface area contributed by atoms with Crippen molar-refractivity contribution >= 4 is 0 Å². The fourth-order valence-corrected chi connectivity index (χ4v) is 2.49. The van der Waals surface area contributed by atoms with E-state index in [4.69, 9.17) is 9.47 Å². The van der Waals surface area contributed by atoms with Crippen LogP contribution in [0.3, 0.4) is 0 Å². The Morgan fingerprint density at radius 2 is 2.33 bits per heavy atom. The van der Waals surface area contributed by atoms with Crippen LogP contribution in [-0.4, -0.2) is 26.9 Å².